The highest BCUT2D eigenvalue weighted by Gasteiger charge is 2.25. The third kappa shape index (κ3) is 3.83. The first-order valence-electron chi connectivity index (χ1n) is 6.82. The zero-order valence-corrected chi connectivity index (χ0v) is 14.1. The Morgan fingerprint density at radius 2 is 2.00 bits per heavy atom. The van der Waals surface area contributed by atoms with E-state index in [1.807, 2.05) is 19.9 Å². The van der Waals surface area contributed by atoms with Crippen molar-refractivity contribution in [3.8, 4) is 0 Å². The Morgan fingerprint density at radius 1 is 1.25 bits per heavy atom. The van der Waals surface area contributed by atoms with E-state index in [0.29, 0.717) is 6.54 Å². The lowest BCUT2D eigenvalue weighted by Gasteiger charge is -2.28. The summed E-state index contributed by atoms with van der Waals surface area (Å²) in [5.41, 5.74) is -0.642. The van der Waals surface area contributed by atoms with Gasteiger partial charge in [0.25, 0.3) is 0 Å². The van der Waals surface area contributed by atoms with Gasteiger partial charge >= 0.3 is 0 Å². The molecule has 2 nitrogen and oxygen atoms in total. The van der Waals surface area contributed by atoms with Crippen LogP contribution in [0.15, 0.2) is 29.6 Å². The Hall–Kier alpha value is -0.390. The van der Waals surface area contributed by atoms with Crippen LogP contribution in [0.25, 0.3) is 0 Å². The van der Waals surface area contributed by atoms with E-state index in [-0.39, 0.29) is 6.04 Å². The fraction of sp³-hybridized carbons (Fsp3) is 0.467. The highest BCUT2D eigenvalue weighted by atomic mass is 35.5. The van der Waals surface area contributed by atoms with Gasteiger partial charge in [-0.25, -0.2) is 0 Å². The van der Waals surface area contributed by atoms with Crippen LogP contribution in [0.2, 0.25) is 4.34 Å². The molecule has 2 aromatic rings. The molecule has 0 aromatic carbocycles. The largest absolute Gasteiger partial charge is 0.389 e. The van der Waals surface area contributed by atoms with Crippen molar-refractivity contribution < 1.29 is 5.11 Å². The summed E-state index contributed by atoms with van der Waals surface area (Å²) < 4.78 is 0.796. The molecule has 20 heavy (non-hydrogen) atoms. The SMILES string of the molecule is CCC(O)(CC)CNC(c1cccs1)c1ccc(Cl)s1. The summed E-state index contributed by atoms with van der Waals surface area (Å²) in [6.45, 7) is 4.62. The molecule has 0 aliphatic carbocycles. The van der Waals surface area contributed by atoms with Gasteiger partial charge in [0, 0.05) is 16.3 Å². The molecule has 110 valence electrons. The molecule has 2 N–H and O–H groups in total. The van der Waals surface area contributed by atoms with Crippen molar-refractivity contribution in [1.29, 1.82) is 0 Å². The Kier molecular flexibility index (Phi) is 5.64. The Labute approximate surface area is 133 Å². The van der Waals surface area contributed by atoms with Crippen LogP contribution in [0.1, 0.15) is 42.5 Å². The predicted molar refractivity (Wildman–Crippen MR) is 89.0 cm³/mol. The first-order chi connectivity index (χ1) is 9.58. The average molecular weight is 330 g/mol. The second-order valence-electron chi connectivity index (χ2n) is 4.90. The van der Waals surface area contributed by atoms with Crippen LogP contribution in [0.5, 0.6) is 0 Å². The number of hydrogen-bond acceptors (Lipinski definition) is 4. The minimum absolute atomic E-state index is 0.108. The highest BCUT2D eigenvalue weighted by Crippen LogP contribution is 2.33. The number of rotatable bonds is 7. The number of aliphatic hydroxyl groups is 1. The maximum absolute atomic E-state index is 10.4. The van der Waals surface area contributed by atoms with Gasteiger partial charge < -0.3 is 10.4 Å². The Bertz CT molecular complexity index is 520. The number of nitrogens with one attached hydrogen (secondary N) is 1. The van der Waals surface area contributed by atoms with Crippen molar-refractivity contribution in [2.75, 3.05) is 6.54 Å². The second-order valence-corrected chi connectivity index (χ2v) is 7.63. The molecular formula is C15H20ClNOS2. The Balaban J connectivity index is 2.16. The van der Waals surface area contributed by atoms with Crippen LogP contribution in [-0.2, 0) is 0 Å². The lowest BCUT2D eigenvalue weighted by molar-refractivity contribution is 0.0310. The molecule has 5 heteroatoms. The van der Waals surface area contributed by atoms with E-state index < -0.39 is 5.60 Å². The minimum atomic E-state index is -0.642. The van der Waals surface area contributed by atoms with Crippen LogP contribution in [-0.4, -0.2) is 17.3 Å². The molecule has 1 unspecified atom stereocenters. The molecule has 0 bridgehead atoms. The molecular weight excluding hydrogens is 310 g/mol. The van der Waals surface area contributed by atoms with Gasteiger partial charge in [-0.1, -0.05) is 31.5 Å². The second kappa shape index (κ2) is 7.05. The van der Waals surface area contributed by atoms with Gasteiger partial charge in [-0.3, -0.25) is 0 Å². The quantitative estimate of drug-likeness (QED) is 0.772. The van der Waals surface area contributed by atoms with E-state index in [1.54, 1.807) is 22.7 Å². The summed E-state index contributed by atoms with van der Waals surface area (Å²) in [6, 6.07) is 8.26. The van der Waals surface area contributed by atoms with E-state index in [9.17, 15) is 5.11 Å². The average Bonchev–Trinajstić information content (AvgIpc) is 3.11. The summed E-state index contributed by atoms with van der Waals surface area (Å²) in [5.74, 6) is 0. The standard InChI is InChI=1S/C15H20ClNOS2/c1-3-15(18,4-2)10-17-14(11-6-5-9-19-11)12-7-8-13(16)20-12/h5-9,14,17-18H,3-4,10H2,1-2H3. The van der Waals surface area contributed by atoms with E-state index in [2.05, 4.69) is 28.9 Å². The van der Waals surface area contributed by atoms with Gasteiger partial charge in [0.05, 0.1) is 16.0 Å². The summed E-state index contributed by atoms with van der Waals surface area (Å²) in [5, 5.41) is 16.0. The molecule has 0 spiro atoms. The van der Waals surface area contributed by atoms with Gasteiger partial charge in [0.15, 0.2) is 0 Å². The zero-order valence-electron chi connectivity index (χ0n) is 11.7. The zero-order chi connectivity index (χ0) is 14.6. The molecule has 0 aliphatic heterocycles. The van der Waals surface area contributed by atoms with Crippen LogP contribution in [0, 0.1) is 0 Å². The lowest BCUT2D eigenvalue weighted by atomic mass is 9.97. The van der Waals surface area contributed by atoms with E-state index in [4.69, 9.17) is 11.6 Å². The summed E-state index contributed by atoms with van der Waals surface area (Å²) in [7, 11) is 0. The van der Waals surface area contributed by atoms with E-state index >= 15 is 0 Å². The van der Waals surface area contributed by atoms with Crippen LogP contribution in [0.4, 0.5) is 0 Å². The molecule has 2 rings (SSSR count). The Morgan fingerprint density at radius 3 is 2.50 bits per heavy atom. The first-order valence-corrected chi connectivity index (χ1v) is 8.90. The number of hydrogen-bond donors (Lipinski definition) is 2. The number of thiophene rings is 2. The van der Waals surface area contributed by atoms with E-state index in [1.165, 1.54) is 9.75 Å². The fourth-order valence-corrected chi connectivity index (χ4v) is 4.12. The third-order valence-corrected chi connectivity index (χ3v) is 5.89. The van der Waals surface area contributed by atoms with E-state index in [0.717, 1.165) is 17.2 Å². The minimum Gasteiger partial charge on any atom is -0.389 e. The molecule has 0 saturated heterocycles. The summed E-state index contributed by atoms with van der Waals surface area (Å²) in [6.07, 6.45) is 1.50. The van der Waals surface area contributed by atoms with Gasteiger partial charge in [0.1, 0.15) is 0 Å². The van der Waals surface area contributed by atoms with Gasteiger partial charge in [-0.2, -0.15) is 0 Å². The summed E-state index contributed by atoms with van der Waals surface area (Å²) >= 11 is 9.36. The molecule has 1 atom stereocenters. The van der Waals surface area contributed by atoms with Crippen molar-refractivity contribution in [2.45, 2.75) is 38.3 Å². The van der Waals surface area contributed by atoms with Crippen molar-refractivity contribution >= 4 is 34.3 Å². The van der Waals surface area contributed by atoms with Gasteiger partial charge in [0.2, 0.25) is 0 Å². The van der Waals surface area contributed by atoms with Gasteiger partial charge in [-0.05, 0) is 36.4 Å². The third-order valence-electron chi connectivity index (χ3n) is 3.66. The maximum Gasteiger partial charge on any atom is 0.0931 e. The van der Waals surface area contributed by atoms with Crippen molar-refractivity contribution in [2.24, 2.45) is 0 Å². The van der Waals surface area contributed by atoms with Crippen molar-refractivity contribution in [3.63, 3.8) is 0 Å². The van der Waals surface area contributed by atoms with Crippen LogP contribution >= 0.6 is 34.3 Å². The van der Waals surface area contributed by atoms with Gasteiger partial charge in [-0.15, -0.1) is 22.7 Å². The predicted octanol–water partition coefficient (Wildman–Crippen LogP) is 4.69. The number of halogens is 1. The molecule has 2 aromatic heterocycles. The maximum atomic E-state index is 10.4. The van der Waals surface area contributed by atoms with Crippen LogP contribution < -0.4 is 5.32 Å². The molecule has 0 saturated carbocycles. The highest BCUT2D eigenvalue weighted by molar-refractivity contribution is 7.16. The molecule has 2 heterocycles. The monoisotopic (exact) mass is 329 g/mol. The van der Waals surface area contributed by atoms with Crippen molar-refractivity contribution in [1.82, 2.24) is 5.32 Å². The van der Waals surface area contributed by atoms with Crippen molar-refractivity contribution in [3.05, 3.63) is 43.7 Å². The smallest absolute Gasteiger partial charge is 0.0931 e. The molecule has 0 amide bonds. The normalized spacial score (nSPS) is 13.6. The molecule has 0 aliphatic rings. The molecule has 0 fully saturated rings. The lowest BCUT2D eigenvalue weighted by Crippen LogP contribution is -2.40. The summed E-state index contributed by atoms with van der Waals surface area (Å²) in [4.78, 5) is 2.44. The molecule has 0 radical (unpaired) electrons. The van der Waals surface area contributed by atoms with Crippen LogP contribution in [0.3, 0.4) is 0 Å². The first kappa shape index (κ1) is 16.0. The topological polar surface area (TPSA) is 32.3 Å². The fourth-order valence-electron chi connectivity index (χ4n) is 2.07.